The van der Waals surface area contributed by atoms with E-state index in [2.05, 4.69) is 0 Å². The van der Waals surface area contributed by atoms with E-state index in [1.54, 1.807) is 0 Å². The van der Waals surface area contributed by atoms with Crippen molar-refractivity contribution in [3.63, 3.8) is 0 Å². The van der Waals surface area contributed by atoms with Gasteiger partial charge in [-0.25, -0.2) is 14.4 Å². The van der Waals surface area contributed by atoms with Gasteiger partial charge < -0.3 is 20.4 Å². The smallest absolute Gasteiger partial charge is 0.336 e. The number of hydrogen-bond acceptors (Lipinski definition) is 4. The molecule has 0 spiro atoms. The highest BCUT2D eigenvalue weighted by Gasteiger charge is 2.23. The predicted molar refractivity (Wildman–Crippen MR) is 72.3 cm³/mol. The average molecular weight is 310 g/mol. The Morgan fingerprint density at radius 1 is 0.818 bits per heavy atom. The molecule has 0 atom stereocenters. The number of aliphatic carboxylic acids is 1. The fourth-order valence-corrected chi connectivity index (χ4v) is 1.70. The van der Waals surface area contributed by atoms with Crippen molar-refractivity contribution >= 4 is 23.9 Å². The largest absolute Gasteiger partial charge is 0.481 e. The zero-order valence-electron chi connectivity index (χ0n) is 11.4. The first-order chi connectivity index (χ1) is 10.2. The third-order valence-electron chi connectivity index (χ3n) is 3.18. The van der Waals surface area contributed by atoms with E-state index in [4.69, 9.17) is 20.4 Å². The standard InChI is InChI=1S/C9H6O6.C5H8O2/c10-7(11)4-1-2-5(8(12)13)6(3-4)9(14)15;6-5(7)4-2-1-3-4/h1-3H,(H,10,11)(H,12,13)(H,14,15);4H,1-3H2,(H,6,7). The lowest BCUT2D eigenvalue weighted by Crippen LogP contribution is -2.20. The van der Waals surface area contributed by atoms with Crippen LogP contribution in [-0.4, -0.2) is 44.3 Å². The molecule has 0 unspecified atom stereocenters. The van der Waals surface area contributed by atoms with Gasteiger partial charge in [-0.3, -0.25) is 4.79 Å². The summed E-state index contributed by atoms with van der Waals surface area (Å²) in [6.07, 6.45) is 2.90. The van der Waals surface area contributed by atoms with Crippen molar-refractivity contribution in [2.24, 2.45) is 5.92 Å². The minimum Gasteiger partial charge on any atom is -0.481 e. The van der Waals surface area contributed by atoms with E-state index >= 15 is 0 Å². The van der Waals surface area contributed by atoms with Gasteiger partial charge in [0.25, 0.3) is 0 Å². The second-order valence-corrected chi connectivity index (χ2v) is 4.64. The Labute approximate surface area is 124 Å². The molecule has 1 fully saturated rings. The number of rotatable bonds is 4. The van der Waals surface area contributed by atoms with E-state index in [0.29, 0.717) is 0 Å². The first-order valence-electron chi connectivity index (χ1n) is 6.30. The molecule has 0 saturated heterocycles. The van der Waals surface area contributed by atoms with Crippen LogP contribution in [0.5, 0.6) is 0 Å². The second-order valence-electron chi connectivity index (χ2n) is 4.64. The first-order valence-corrected chi connectivity index (χ1v) is 6.30. The fourth-order valence-electron chi connectivity index (χ4n) is 1.70. The Morgan fingerprint density at radius 3 is 1.64 bits per heavy atom. The van der Waals surface area contributed by atoms with E-state index in [1.165, 1.54) is 0 Å². The molecule has 1 aromatic rings. The average Bonchev–Trinajstić information content (AvgIpc) is 2.35. The molecule has 1 aromatic carbocycles. The van der Waals surface area contributed by atoms with Gasteiger partial charge in [-0.05, 0) is 31.0 Å². The Bertz CT molecular complexity index is 615. The highest BCUT2D eigenvalue weighted by Crippen LogP contribution is 2.25. The molecule has 1 aliphatic carbocycles. The topological polar surface area (TPSA) is 149 Å². The van der Waals surface area contributed by atoms with E-state index < -0.39 is 35.0 Å². The molecule has 8 heteroatoms. The molecule has 0 radical (unpaired) electrons. The Morgan fingerprint density at radius 2 is 1.36 bits per heavy atom. The first kappa shape index (κ1) is 17.2. The van der Waals surface area contributed by atoms with Crippen molar-refractivity contribution in [3.8, 4) is 0 Å². The fraction of sp³-hybridized carbons (Fsp3) is 0.286. The van der Waals surface area contributed by atoms with Crippen molar-refractivity contribution in [3.05, 3.63) is 34.9 Å². The zero-order valence-corrected chi connectivity index (χ0v) is 11.4. The summed E-state index contributed by atoms with van der Waals surface area (Å²) in [7, 11) is 0. The van der Waals surface area contributed by atoms with Crippen molar-refractivity contribution in [1.82, 2.24) is 0 Å². The quantitative estimate of drug-likeness (QED) is 0.655. The maximum atomic E-state index is 10.6. The van der Waals surface area contributed by atoms with Crippen LogP contribution < -0.4 is 0 Å². The molecule has 0 aliphatic heterocycles. The molecule has 1 aliphatic rings. The van der Waals surface area contributed by atoms with Crippen LogP contribution in [0.2, 0.25) is 0 Å². The molecular formula is C14H14O8. The van der Waals surface area contributed by atoms with Gasteiger partial charge in [-0.2, -0.15) is 0 Å². The summed E-state index contributed by atoms with van der Waals surface area (Å²) in [4.78, 5) is 41.7. The molecule has 0 bridgehead atoms. The molecule has 8 nitrogen and oxygen atoms in total. The van der Waals surface area contributed by atoms with Crippen LogP contribution in [0.1, 0.15) is 50.3 Å². The van der Waals surface area contributed by atoms with Crippen molar-refractivity contribution in [1.29, 1.82) is 0 Å². The Balaban J connectivity index is 0.000000287. The lowest BCUT2D eigenvalue weighted by atomic mass is 9.86. The Hall–Kier alpha value is -2.90. The van der Waals surface area contributed by atoms with Crippen molar-refractivity contribution in [2.75, 3.05) is 0 Å². The molecule has 2 rings (SSSR count). The highest BCUT2D eigenvalue weighted by molar-refractivity contribution is 6.03. The number of hydrogen-bond donors (Lipinski definition) is 4. The summed E-state index contributed by atoms with van der Waals surface area (Å²) >= 11 is 0. The van der Waals surface area contributed by atoms with Crippen LogP contribution in [0.4, 0.5) is 0 Å². The summed E-state index contributed by atoms with van der Waals surface area (Å²) in [5.41, 5.74) is -1.24. The SMILES string of the molecule is O=C(O)C1CCC1.O=C(O)c1ccc(C(=O)O)c(C(=O)O)c1. The summed E-state index contributed by atoms with van der Waals surface area (Å²) in [6, 6.07) is 2.81. The number of benzene rings is 1. The van der Waals surface area contributed by atoms with Gasteiger partial charge in [0.15, 0.2) is 0 Å². The van der Waals surface area contributed by atoms with Gasteiger partial charge in [-0.1, -0.05) is 6.42 Å². The van der Waals surface area contributed by atoms with Gasteiger partial charge in [0.05, 0.1) is 22.6 Å². The van der Waals surface area contributed by atoms with Crippen LogP contribution in [-0.2, 0) is 4.79 Å². The van der Waals surface area contributed by atoms with Crippen LogP contribution >= 0.6 is 0 Å². The van der Waals surface area contributed by atoms with E-state index in [1.807, 2.05) is 0 Å². The number of carboxylic acids is 4. The zero-order chi connectivity index (χ0) is 16.9. The lowest BCUT2D eigenvalue weighted by molar-refractivity contribution is -0.144. The molecule has 22 heavy (non-hydrogen) atoms. The molecule has 0 heterocycles. The lowest BCUT2D eigenvalue weighted by Gasteiger charge is -2.19. The molecule has 1 saturated carbocycles. The molecule has 0 aromatic heterocycles. The maximum Gasteiger partial charge on any atom is 0.336 e. The molecule has 4 N–H and O–H groups in total. The summed E-state index contributed by atoms with van der Waals surface area (Å²) in [5, 5.41) is 34.1. The van der Waals surface area contributed by atoms with Crippen molar-refractivity contribution < 1.29 is 39.6 Å². The second kappa shape index (κ2) is 7.21. The van der Waals surface area contributed by atoms with E-state index in [-0.39, 0.29) is 11.5 Å². The molecule has 118 valence electrons. The molecular weight excluding hydrogens is 296 g/mol. The maximum absolute atomic E-state index is 10.6. The number of carboxylic acid groups (broad SMARTS) is 4. The van der Waals surface area contributed by atoms with Gasteiger partial charge in [0, 0.05) is 0 Å². The normalized spacial score (nSPS) is 13.3. The minimum absolute atomic E-state index is 0.000000000000000444. The summed E-state index contributed by atoms with van der Waals surface area (Å²) in [5.74, 6) is -4.82. The number of aromatic carboxylic acids is 3. The predicted octanol–water partition coefficient (Wildman–Crippen LogP) is 1.65. The Kier molecular flexibility index (Phi) is 5.62. The van der Waals surface area contributed by atoms with E-state index in [9.17, 15) is 19.2 Å². The van der Waals surface area contributed by atoms with Crippen LogP contribution in [0, 0.1) is 5.92 Å². The summed E-state index contributed by atoms with van der Waals surface area (Å²) < 4.78 is 0. The van der Waals surface area contributed by atoms with Crippen LogP contribution in [0.25, 0.3) is 0 Å². The minimum atomic E-state index is -1.48. The van der Waals surface area contributed by atoms with Gasteiger partial charge >= 0.3 is 23.9 Å². The number of carbonyl (C=O) groups is 4. The third-order valence-corrected chi connectivity index (χ3v) is 3.18. The summed E-state index contributed by atoms with van der Waals surface area (Å²) in [6.45, 7) is 0. The van der Waals surface area contributed by atoms with E-state index in [0.717, 1.165) is 37.5 Å². The van der Waals surface area contributed by atoms with Gasteiger partial charge in [0.2, 0.25) is 0 Å². The van der Waals surface area contributed by atoms with Gasteiger partial charge in [0.1, 0.15) is 0 Å². The third kappa shape index (κ3) is 4.30. The van der Waals surface area contributed by atoms with Crippen LogP contribution in [0.15, 0.2) is 18.2 Å². The van der Waals surface area contributed by atoms with Crippen LogP contribution in [0.3, 0.4) is 0 Å². The van der Waals surface area contributed by atoms with Gasteiger partial charge in [-0.15, -0.1) is 0 Å². The monoisotopic (exact) mass is 310 g/mol. The molecule has 0 amide bonds. The highest BCUT2D eigenvalue weighted by atomic mass is 16.4. The van der Waals surface area contributed by atoms with Crippen molar-refractivity contribution in [2.45, 2.75) is 19.3 Å².